The zero-order chi connectivity index (χ0) is 8.85. The third kappa shape index (κ3) is 3.88. The van der Waals surface area contributed by atoms with Crippen molar-refractivity contribution < 1.29 is 5.11 Å². The van der Waals surface area contributed by atoms with Crippen molar-refractivity contribution >= 4 is 11.9 Å². The number of aliphatic hydroxyl groups is 1. The fraction of sp³-hybridized carbons (Fsp3) is 0.750. The van der Waals surface area contributed by atoms with Crippen molar-refractivity contribution in [3.63, 3.8) is 0 Å². The number of hydrogen-bond acceptors (Lipinski definition) is 3. The van der Waals surface area contributed by atoms with Gasteiger partial charge in [0.05, 0.1) is 6.10 Å². The summed E-state index contributed by atoms with van der Waals surface area (Å²) in [6, 6.07) is 0. The highest BCUT2D eigenvalue weighted by molar-refractivity contribution is 5.81. The van der Waals surface area contributed by atoms with Gasteiger partial charge in [-0.3, -0.25) is 0 Å². The van der Waals surface area contributed by atoms with Gasteiger partial charge < -0.3 is 15.9 Å². The van der Waals surface area contributed by atoms with Crippen molar-refractivity contribution in [3.05, 3.63) is 0 Å². The molecular formula is C8H16N2O. The van der Waals surface area contributed by atoms with Crippen LogP contribution in [0, 0.1) is 16.7 Å². The first-order valence-electron chi connectivity index (χ1n) is 3.81. The Morgan fingerprint density at radius 3 is 2.55 bits per heavy atom. The smallest absolute Gasteiger partial charge is 0.0621 e. The largest absolute Gasteiger partial charge is 0.392 e. The summed E-state index contributed by atoms with van der Waals surface area (Å²) in [4.78, 5) is 0. The molecule has 3 nitrogen and oxygen atoms in total. The van der Waals surface area contributed by atoms with E-state index in [0.717, 1.165) is 0 Å². The monoisotopic (exact) mass is 156 g/mol. The van der Waals surface area contributed by atoms with Crippen LogP contribution in [0.1, 0.15) is 26.7 Å². The lowest BCUT2D eigenvalue weighted by Crippen LogP contribution is -2.23. The zero-order valence-corrected chi connectivity index (χ0v) is 7.09. The molecule has 3 heteroatoms. The van der Waals surface area contributed by atoms with E-state index in [0.29, 0.717) is 18.6 Å². The van der Waals surface area contributed by atoms with Gasteiger partial charge in [-0.05, 0) is 26.0 Å². The quantitative estimate of drug-likeness (QED) is 0.518. The molecule has 3 N–H and O–H groups in total. The first-order chi connectivity index (χ1) is 5.09. The van der Waals surface area contributed by atoms with E-state index < -0.39 is 6.10 Å². The summed E-state index contributed by atoms with van der Waals surface area (Å²) < 4.78 is 0. The first kappa shape index (κ1) is 10.3. The Morgan fingerprint density at radius 2 is 2.18 bits per heavy atom. The van der Waals surface area contributed by atoms with E-state index in [1.165, 1.54) is 6.21 Å². The van der Waals surface area contributed by atoms with E-state index in [1.54, 1.807) is 6.92 Å². The highest BCUT2D eigenvalue weighted by atomic mass is 16.3. The summed E-state index contributed by atoms with van der Waals surface area (Å²) in [7, 11) is 0. The highest BCUT2D eigenvalue weighted by Crippen LogP contribution is 2.09. The molecule has 0 spiro atoms. The molecule has 0 fully saturated rings. The lowest BCUT2D eigenvalue weighted by molar-refractivity contribution is 0.138. The Kier molecular flexibility index (Phi) is 4.70. The molecule has 0 aromatic rings. The summed E-state index contributed by atoms with van der Waals surface area (Å²) >= 11 is 0. The molecule has 0 heterocycles. The second-order valence-electron chi connectivity index (χ2n) is 2.82. The maximum Gasteiger partial charge on any atom is 0.0621 e. The van der Waals surface area contributed by atoms with Crippen LogP contribution in [0.4, 0.5) is 0 Å². The summed E-state index contributed by atoms with van der Waals surface area (Å²) in [5.74, 6) is -0.0741. The molecule has 2 atom stereocenters. The lowest BCUT2D eigenvalue weighted by atomic mass is 9.97. The minimum Gasteiger partial charge on any atom is -0.392 e. The summed E-state index contributed by atoms with van der Waals surface area (Å²) in [5.41, 5.74) is 0.502. The van der Waals surface area contributed by atoms with E-state index in [9.17, 15) is 5.11 Å². The van der Waals surface area contributed by atoms with Crippen LogP contribution in [0.15, 0.2) is 0 Å². The minimum atomic E-state index is -0.464. The predicted molar refractivity (Wildman–Crippen MR) is 46.6 cm³/mol. The second kappa shape index (κ2) is 5.02. The van der Waals surface area contributed by atoms with Gasteiger partial charge in [0.1, 0.15) is 0 Å². The van der Waals surface area contributed by atoms with Crippen LogP contribution in [-0.4, -0.2) is 23.1 Å². The molecule has 0 aliphatic rings. The topological polar surface area (TPSA) is 67.9 Å². The van der Waals surface area contributed by atoms with Gasteiger partial charge in [-0.15, -0.1) is 0 Å². The minimum absolute atomic E-state index is 0.0741. The van der Waals surface area contributed by atoms with Crippen LogP contribution in [-0.2, 0) is 0 Å². The first-order valence-corrected chi connectivity index (χ1v) is 3.81. The molecule has 0 aromatic carbocycles. The van der Waals surface area contributed by atoms with Gasteiger partial charge in [0.2, 0.25) is 0 Å². The predicted octanol–water partition coefficient (Wildman–Crippen LogP) is 1.45. The molecule has 0 aromatic heterocycles. The fourth-order valence-corrected chi connectivity index (χ4v) is 0.793. The zero-order valence-electron chi connectivity index (χ0n) is 7.09. The molecule has 0 saturated carbocycles. The van der Waals surface area contributed by atoms with Crippen molar-refractivity contribution in [3.8, 4) is 0 Å². The highest BCUT2D eigenvalue weighted by Gasteiger charge is 2.14. The molecule has 11 heavy (non-hydrogen) atoms. The van der Waals surface area contributed by atoms with E-state index in [2.05, 4.69) is 0 Å². The van der Waals surface area contributed by atoms with Gasteiger partial charge in [0.25, 0.3) is 0 Å². The van der Waals surface area contributed by atoms with E-state index in [1.807, 2.05) is 6.92 Å². The SMILES string of the molecule is CC(=N)C(C)C(O)CCC=N. The molecule has 64 valence electrons. The van der Waals surface area contributed by atoms with E-state index >= 15 is 0 Å². The van der Waals surface area contributed by atoms with Crippen LogP contribution in [0.3, 0.4) is 0 Å². The van der Waals surface area contributed by atoms with Crippen molar-refractivity contribution in [1.82, 2.24) is 0 Å². The van der Waals surface area contributed by atoms with Crippen molar-refractivity contribution in [1.29, 1.82) is 10.8 Å². The van der Waals surface area contributed by atoms with Crippen molar-refractivity contribution in [2.45, 2.75) is 32.8 Å². The van der Waals surface area contributed by atoms with Gasteiger partial charge in [0, 0.05) is 11.6 Å². The normalized spacial score (nSPS) is 15.5. The summed E-state index contributed by atoms with van der Waals surface area (Å²) in [6.45, 7) is 3.52. The third-order valence-corrected chi connectivity index (χ3v) is 1.87. The standard InChI is InChI=1S/C8H16N2O/c1-6(7(2)10)8(11)4-3-5-9/h5-6,8-11H,3-4H2,1-2H3. The molecule has 0 radical (unpaired) electrons. The van der Waals surface area contributed by atoms with Gasteiger partial charge >= 0.3 is 0 Å². The molecule has 0 bridgehead atoms. The van der Waals surface area contributed by atoms with E-state index in [4.69, 9.17) is 10.8 Å². The Bertz CT molecular complexity index is 145. The number of aliphatic hydroxyl groups excluding tert-OH is 1. The number of nitrogens with one attached hydrogen (secondary N) is 2. The average Bonchev–Trinajstić information content (AvgIpc) is 1.98. The molecule has 2 unspecified atom stereocenters. The van der Waals surface area contributed by atoms with Crippen LogP contribution in [0.25, 0.3) is 0 Å². The van der Waals surface area contributed by atoms with Gasteiger partial charge in [0.15, 0.2) is 0 Å². The maximum atomic E-state index is 9.38. The van der Waals surface area contributed by atoms with Gasteiger partial charge in [-0.2, -0.15) is 0 Å². The molecule has 0 aliphatic carbocycles. The van der Waals surface area contributed by atoms with Gasteiger partial charge in [-0.1, -0.05) is 6.92 Å². The Morgan fingerprint density at radius 1 is 1.64 bits per heavy atom. The van der Waals surface area contributed by atoms with Crippen LogP contribution in [0.2, 0.25) is 0 Å². The summed E-state index contributed by atoms with van der Waals surface area (Å²) in [5, 5.41) is 23.4. The van der Waals surface area contributed by atoms with E-state index in [-0.39, 0.29) is 5.92 Å². The van der Waals surface area contributed by atoms with Crippen LogP contribution in [0.5, 0.6) is 0 Å². The Balaban J connectivity index is 3.72. The van der Waals surface area contributed by atoms with Crippen molar-refractivity contribution in [2.75, 3.05) is 0 Å². The molecule has 0 amide bonds. The van der Waals surface area contributed by atoms with Crippen LogP contribution >= 0.6 is 0 Å². The molecule has 0 rings (SSSR count). The average molecular weight is 156 g/mol. The lowest BCUT2D eigenvalue weighted by Gasteiger charge is -2.16. The second-order valence-corrected chi connectivity index (χ2v) is 2.82. The van der Waals surface area contributed by atoms with Crippen molar-refractivity contribution in [2.24, 2.45) is 5.92 Å². The Labute approximate surface area is 67.5 Å². The maximum absolute atomic E-state index is 9.38. The molecule has 0 aliphatic heterocycles. The molecular weight excluding hydrogens is 140 g/mol. The fourth-order valence-electron chi connectivity index (χ4n) is 0.793. The third-order valence-electron chi connectivity index (χ3n) is 1.87. The van der Waals surface area contributed by atoms with Crippen LogP contribution < -0.4 is 0 Å². The number of rotatable bonds is 5. The number of hydrogen-bond donors (Lipinski definition) is 3. The summed E-state index contributed by atoms with van der Waals surface area (Å²) in [6.07, 6.45) is 2.00. The Hall–Kier alpha value is -0.700. The molecule has 0 saturated heterocycles. The van der Waals surface area contributed by atoms with Gasteiger partial charge in [-0.25, -0.2) is 0 Å².